The van der Waals surface area contributed by atoms with Crippen LogP contribution in [-0.4, -0.2) is 53.2 Å². The third-order valence-electron chi connectivity index (χ3n) is 9.80. The van der Waals surface area contributed by atoms with E-state index >= 15 is 0 Å². The minimum atomic E-state index is -1.15. The number of aliphatic hydroxyl groups is 1. The molecule has 0 aromatic carbocycles. The van der Waals surface area contributed by atoms with E-state index in [-0.39, 0.29) is 12.2 Å². The molecule has 0 aromatic heterocycles. The van der Waals surface area contributed by atoms with Gasteiger partial charge in [0.1, 0.15) is 12.2 Å². The molecule has 8 heteroatoms. The Hall–Kier alpha value is -2.48. The molecule has 8 nitrogen and oxygen atoms in total. The Labute approximate surface area is 213 Å². The molecule has 2 saturated carbocycles. The van der Waals surface area contributed by atoms with Gasteiger partial charge in [-0.05, 0) is 41.9 Å². The second kappa shape index (κ2) is 8.82. The third kappa shape index (κ3) is 3.75. The third-order valence-corrected chi connectivity index (χ3v) is 9.80. The smallest absolute Gasteiger partial charge is 0.303 e. The van der Waals surface area contributed by atoms with Gasteiger partial charge in [-0.15, -0.1) is 0 Å². The predicted octanol–water partition coefficient (Wildman–Crippen LogP) is 3.84. The lowest BCUT2D eigenvalue weighted by atomic mass is 9.39. The molecule has 3 aliphatic rings. The number of ether oxygens (including phenoxy) is 3. The highest BCUT2D eigenvalue weighted by molar-refractivity contribution is 5.98. The van der Waals surface area contributed by atoms with Crippen molar-refractivity contribution in [1.29, 1.82) is 0 Å². The molecule has 3 rings (SSSR count). The van der Waals surface area contributed by atoms with Gasteiger partial charge < -0.3 is 19.3 Å². The summed E-state index contributed by atoms with van der Waals surface area (Å²) in [6.07, 6.45) is -3.12. The monoisotopic (exact) mass is 504 g/mol. The lowest BCUT2D eigenvalue weighted by molar-refractivity contribution is -0.237. The number of fused-ring (bicyclic) bond motifs is 3. The molecule has 0 aromatic rings. The Kier molecular flexibility index (Phi) is 6.88. The molecule has 0 amide bonds. The molecule has 0 radical (unpaired) electrons. The lowest BCUT2D eigenvalue weighted by Crippen LogP contribution is -2.71. The summed E-state index contributed by atoms with van der Waals surface area (Å²) in [5.74, 6) is -1.86. The predicted molar refractivity (Wildman–Crippen MR) is 131 cm³/mol. The van der Waals surface area contributed by atoms with Crippen molar-refractivity contribution in [3.8, 4) is 0 Å². The molecule has 200 valence electrons. The van der Waals surface area contributed by atoms with Gasteiger partial charge in [0.25, 0.3) is 0 Å². The van der Waals surface area contributed by atoms with Crippen LogP contribution in [0.3, 0.4) is 0 Å². The molecule has 2 fully saturated rings. The van der Waals surface area contributed by atoms with Crippen LogP contribution in [0.1, 0.15) is 81.6 Å². The van der Waals surface area contributed by atoms with Gasteiger partial charge >= 0.3 is 17.9 Å². The van der Waals surface area contributed by atoms with Gasteiger partial charge in [0.2, 0.25) is 0 Å². The Morgan fingerprint density at radius 1 is 0.917 bits per heavy atom. The minimum absolute atomic E-state index is 0.0767. The molecule has 3 aliphatic carbocycles. The zero-order valence-electron chi connectivity index (χ0n) is 22.9. The van der Waals surface area contributed by atoms with E-state index in [1.165, 1.54) is 20.8 Å². The fourth-order valence-corrected chi connectivity index (χ4v) is 7.30. The number of carbonyl (C=O) groups is 4. The summed E-state index contributed by atoms with van der Waals surface area (Å²) >= 11 is 0. The summed E-state index contributed by atoms with van der Waals surface area (Å²) in [6.45, 7) is 19.4. The standard InChI is InChI=1S/C28H40O8/c1-14-20(33)13-27(9)24(36-18(5)31)28(10)15(2)19(32)11-12-26(28,8)23(35-17(4)30)22(34-16(3)29)21(14)25(27,6)7/h19,22-24,32H,2,11-13H2,1,3-10H3/t19-,22+,23-,24+,26-,27-,28-/m0/s1. The topological polar surface area (TPSA) is 116 Å². The molecule has 0 heterocycles. The van der Waals surface area contributed by atoms with Crippen LogP contribution in [0.2, 0.25) is 0 Å². The number of hydrogen-bond donors (Lipinski definition) is 1. The van der Waals surface area contributed by atoms with Crippen LogP contribution in [0.5, 0.6) is 0 Å². The van der Waals surface area contributed by atoms with Crippen molar-refractivity contribution >= 4 is 23.7 Å². The van der Waals surface area contributed by atoms with Crippen LogP contribution in [0, 0.1) is 21.7 Å². The van der Waals surface area contributed by atoms with Gasteiger partial charge in [-0.25, -0.2) is 0 Å². The lowest BCUT2D eigenvalue weighted by Gasteiger charge is -2.67. The highest BCUT2D eigenvalue weighted by atomic mass is 16.6. The molecule has 2 bridgehead atoms. The fraction of sp³-hybridized carbons (Fsp3) is 0.714. The number of rotatable bonds is 3. The summed E-state index contributed by atoms with van der Waals surface area (Å²) in [5, 5.41) is 11.0. The maximum atomic E-state index is 13.5. The molecule has 1 N–H and O–H groups in total. The number of carbonyl (C=O) groups excluding carboxylic acids is 4. The van der Waals surface area contributed by atoms with Crippen molar-refractivity contribution in [2.24, 2.45) is 21.7 Å². The molecule has 0 unspecified atom stereocenters. The van der Waals surface area contributed by atoms with Gasteiger partial charge in [-0.1, -0.05) is 41.2 Å². The molecule has 0 aliphatic heterocycles. The first-order chi connectivity index (χ1) is 16.4. The van der Waals surface area contributed by atoms with Crippen LogP contribution in [0.15, 0.2) is 23.3 Å². The van der Waals surface area contributed by atoms with Crippen molar-refractivity contribution < 1.29 is 38.5 Å². The van der Waals surface area contributed by atoms with E-state index in [0.717, 1.165) is 0 Å². The maximum Gasteiger partial charge on any atom is 0.303 e. The second-order valence-electron chi connectivity index (χ2n) is 11.9. The zero-order chi connectivity index (χ0) is 27.6. The largest absolute Gasteiger partial charge is 0.461 e. The number of Topliss-reactive ketones (excluding diaryl/α,β-unsaturated/α-hetero) is 1. The van der Waals surface area contributed by atoms with Gasteiger partial charge in [0, 0.05) is 43.4 Å². The molecular formula is C28H40O8. The van der Waals surface area contributed by atoms with Crippen LogP contribution in [0.4, 0.5) is 0 Å². The summed E-state index contributed by atoms with van der Waals surface area (Å²) in [4.78, 5) is 51.1. The quantitative estimate of drug-likeness (QED) is 0.350. The number of allylic oxidation sites excluding steroid dienone is 1. The fourth-order valence-electron chi connectivity index (χ4n) is 7.30. The molecule has 0 saturated heterocycles. The molecule has 36 heavy (non-hydrogen) atoms. The van der Waals surface area contributed by atoms with Crippen molar-refractivity contribution in [3.63, 3.8) is 0 Å². The highest BCUT2D eigenvalue weighted by Crippen LogP contribution is 2.69. The van der Waals surface area contributed by atoms with E-state index in [1.54, 1.807) is 6.92 Å². The van der Waals surface area contributed by atoms with Gasteiger partial charge in [-0.2, -0.15) is 0 Å². The first kappa shape index (κ1) is 28.1. The maximum absolute atomic E-state index is 13.5. The van der Waals surface area contributed by atoms with E-state index in [2.05, 4.69) is 6.58 Å². The van der Waals surface area contributed by atoms with Crippen molar-refractivity contribution in [3.05, 3.63) is 23.3 Å². The summed E-state index contributed by atoms with van der Waals surface area (Å²) in [5.41, 5.74) is -2.53. The number of ketones is 1. The Morgan fingerprint density at radius 3 is 1.94 bits per heavy atom. The number of aliphatic hydroxyl groups excluding tert-OH is 1. The van der Waals surface area contributed by atoms with Gasteiger partial charge in [-0.3, -0.25) is 19.2 Å². The summed E-state index contributed by atoms with van der Waals surface area (Å²) in [6, 6.07) is 0. The summed E-state index contributed by atoms with van der Waals surface area (Å²) < 4.78 is 18.1. The summed E-state index contributed by atoms with van der Waals surface area (Å²) in [7, 11) is 0. The highest BCUT2D eigenvalue weighted by Gasteiger charge is 2.72. The van der Waals surface area contributed by atoms with Gasteiger partial charge in [0.15, 0.2) is 11.9 Å². The van der Waals surface area contributed by atoms with E-state index in [4.69, 9.17) is 14.2 Å². The molecule has 0 spiro atoms. The molecule has 7 atom stereocenters. The normalized spacial score (nSPS) is 39.9. The van der Waals surface area contributed by atoms with Crippen molar-refractivity contribution in [1.82, 2.24) is 0 Å². The van der Waals surface area contributed by atoms with E-state index < -0.39 is 64.0 Å². The number of hydrogen-bond acceptors (Lipinski definition) is 8. The average Bonchev–Trinajstić information content (AvgIpc) is 2.74. The second-order valence-corrected chi connectivity index (χ2v) is 11.9. The van der Waals surface area contributed by atoms with E-state index in [0.29, 0.717) is 29.6 Å². The van der Waals surface area contributed by atoms with Crippen LogP contribution in [0.25, 0.3) is 0 Å². The first-order valence-corrected chi connectivity index (χ1v) is 12.5. The molecular weight excluding hydrogens is 464 g/mol. The Balaban J connectivity index is 2.55. The Bertz CT molecular complexity index is 1050. The SMILES string of the molecule is C=C1[C@@H](O)CC[C@@]2(C)[C@@H](OC(C)=O)[C@H](OC(C)=O)C3=C(C)C(=O)C[C@@](C)([C@@H](OC(C)=O)[C@]12C)C3(C)C. The van der Waals surface area contributed by atoms with Crippen LogP contribution >= 0.6 is 0 Å². The van der Waals surface area contributed by atoms with Crippen LogP contribution < -0.4 is 0 Å². The minimum Gasteiger partial charge on any atom is -0.461 e. The van der Waals surface area contributed by atoms with Crippen molar-refractivity contribution in [2.45, 2.75) is 106 Å². The number of esters is 3. The zero-order valence-corrected chi connectivity index (χ0v) is 22.9. The average molecular weight is 505 g/mol. The van der Waals surface area contributed by atoms with Crippen LogP contribution in [-0.2, 0) is 33.4 Å². The van der Waals surface area contributed by atoms with E-state index in [1.807, 2.05) is 34.6 Å². The Morgan fingerprint density at radius 2 is 1.44 bits per heavy atom. The first-order valence-electron chi connectivity index (χ1n) is 12.5. The van der Waals surface area contributed by atoms with E-state index in [9.17, 15) is 24.3 Å². The van der Waals surface area contributed by atoms with Gasteiger partial charge in [0.05, 0.1) is 6.10 Å². The van der Waals surface area contributed by atoms with Crippen molar-refractivity contribution in [2.75, 3.05) is 0 Å².